The second-order valence-corrected chi connectivity index (χ2v) is 13.7. The Hall–Kier alpha value is -4.47. The first-order chi connectivity index (χ1) is 21.7. The Morgan fingerprint density at radius 3 is 2.35 bits per heavy atom. The van der Waals surface area contributed by atoms with Crippen molar-refractivity contribution in [2.24, 2.45) is 0 Å². The maximum absolute atomic E-state index is 17.2. The van der Waals surface area contributed by atoms with Crippen LogP contribution in [0.3, 0.4) is 0 Å². The molecule has 0 saturated carbocycles. The molecule has 1 N–H and O–H groups in total. The molecule has 13 heteroatoms. The van der Waals surface area contributed by atoms with Crippen LogP contribution in [0.2, 0.25) is 5.02 Å². The number of aromatic nitrogens is 2. The Bertz CT molecular complexity index is 2130. The number of carbonyl (C=O) groups excluding carboxylic acids is 1. The average molecular weight is 669 g/mol. The van der Waals surface area contributed by atoms with Crippen LogP contribution in [0.5, 0.6) is 5.75 Å². The molecular weight excluding hydrogens is 638 g/mol. The average Bonchev–Trinajstić information content (AvgIpc) is 2.98. The van der Waals surface area contributed by atoms with Crippen LogP contribution in [-0.2, 0) is 14.6 Å². The van der Waals surface area contributed by atoms with E-state index < -0.39 is 54.7 Å². The molecule has 1 amide bonds. The van der Waals surface area contributed by atoms with Crippen molar-refractivity contribution in [1.29, 1.82) is 0 Å². The van der Waals surface area contributed by atoms with Gasteiger partial charge in [0.05, 0.1) is 33.2 Å². The van der Waals surface area contributed by atoms with Crippen molar-refractivity contribution in [3.8, 4) is 34.4 Å². The third-order valence-electron chi connectivity index (χ3n) is 7.94. The van der Waals surface area contributed by atoms with Gasteiger partial charge in [-0.1, -0.05) is 37.4 Å². The zero-order chi connectivity index (χ0) is 33.7. The van der Waals surface area contributed by atoms with Crippen LogP contribution < -0.4 is 10.5 Å². The summed E-state index contributed by atoms with van der Waals surface area (Å²) in [5.41, 5.74) is -1.46. The molecule has 46 heavy (non-hydrogen) atoms. The number of aryl methyl sites for hydroxylation is 1. The first-order valence-electron chi connectivity index (χ1n) is 14.4. The van der Waals surface area contributed by atoms with E-state index in [9.17, 15) is 23.1 Å². The van der Waals surface area contributed by atoms with Gasteiger partial charge in [0.2, 0.25) is 0 Å². The molecule has 0 bridgehead atoms. The van der Waals surface area contributed by atoms with E-state index in [0.29, 0.717) is 11.3 Å². The number of piperazine rings is 1. The lowest BCUT2D eigenvalue weighted by Gasteiger charge is -2.37. The minimum Gasteiger partial charge on any atom is -0.507 e. The van der Waals surface area contributed by atoms with E-state index in [1.165, 1.54) is 36.2 Å². The van der Waals surface area contributed by atoms with Gasteiger partial charge in [0.25, 0.3) is 11.5 Å². The second-order valence-electron chi connectivity index (χ2n) is 11.3. The molecule has 0 radical (unpaired) electrons. The molecule has 9 nitrogen and oxygen atoms in total. The van der Waals surface area contributed by atoms with E-state index in [-0.39, 0.29) is 59.4 Å². The summed E-state index contributed by atoms with van der Waals surface area (Å²) in [6.45, 7) is 7.36. The number of nitrogens with zero attached hydrogens (tertiary/aromatic N) is 4. The first-order valence-corrected chi connectivity index (χ1v) is 16.7. The Balaban J connectivity index is 1.98. The van der Waals surface area contributed by atoms with Crippen LogP contribution in [0.4, 0.5) is 14.5 Å². The third-order valence-corrected chi connectivity index (χ3v) is 9.34. The summed E-state index contributed by atoms with van der Waals surface area (Å²) in [6.07, 6.45) is 2.43. The van der Waals surface area contributed by atoms with Gasteiger partial charge in [0.15, 0.2) is 20.5 Å². The van der Waals surface area contributed by atoms with Crippen molar-refractivity contribution in [3.05, 3.63) is 74.8 Å². The van der Waals surface area contributed by atoms with Crippen LogP contribution in [-0.4, -0.2) is 66.3 Å². The number of hydrogen-bond donors (Lipinski definition) is 1. The number of phenols is 1. The summed E-state index contributed by atoms with van der Waals surface area (Å²) in [7, 11) is -4.29. The van der Waals surface area contributed by atoms with Gasteiger partial charge < -0.3 is 14.9 Å². The second kappa shape index (κ2) is 12.4. The van der Waals surface area contributed by atoms with E-state index in [1.54, 1.807) is 17.9 Å². The molecule has 4 aromatic rings. The summed E-state index contributed by atoms with van der Waals surface area (Å²) in [4.78, 5) is 34.0. The zero-order valence-electron chi connectivity index (χ0n) is 25.8. The summed E-state index contributed by atoms with van der Waals surface area (Å²) >= 11 is 6.66. The Morgan fingerprint density at radius 1 is 1.09 bits per heavy atom. The third kappa shape index (κ3) is 5.58. The Labute approximate surface area is 270 Å². The molecule has 5 rings (SSSR count). The van der Waals surface area contributed by atoms with E-state index in [4.69, 9.17) is 11.6 Å². The lowest BCUT2D eigenvalue weighted by Crippen LogP contribution is -2.49. The number of halogens is 3. The highest BCUT2D eigenvalue weighted by molar-refractivity contribution is 7.90. The number of fused-ring (bicyclic) bond motifs is 1. The van der Waals surface area contributed by atoms with Crippen molar-refractivity contribution in [2.75, 3.05) is 37.3 Å². The maximum atomic E-state index is 17.2. The number of phenolic OH excluding ortho intramolecular Hbond substituents is 1. The van der Waals surface area contributed by atoms with Crippen molar-refractivity contribution in [1.82, 2.24) is 14.5 Å². The number of hydrogen-bond acceptors (Lipinski definition) is 7. The monoisotopic (exact) mass is 668 g/mol. The predicted molar refractivity (Wildman–Crippen MR) is 174 cm³/mol. The highest BCUT2D eigenvalue weighted by Crippen LogP contribution is 2.45. The first kappa shape index (κ1) is 32.9. The lowest BCUT2D eigenvalue weighted by atomic mass is 9.98. The van der Waals surface area contributed by atoms with Crippen LogP contribution >= 0.6 is 11.6 Å². The highest BCUT2D eigenvalue weighted by Gasteiger charge is 2.34. The fraction of sp³-hybridized carbons (Fsp3) is 0.303. The van der Waals surface area contributed by atoms with Gasteiger partial charge in [-0.3, -0.25) is 19.1 Å². The number of benzene rings is 2. The molecule has 1 aliphatic heterocycles. The van der Waals surface area contributed by atoms with Crippen molar-refractivity contribution >= 4 is 43.9 Å². The summed E-state index contributed by atoms with van der Waals surface area (Å²) in [5, 5.41) is 10.3. The molecule has 0 atom stereocenters. The minimum absolute atomic E-state index is 0.0341. The fourth-order valence-electron chi connectivity index (χ4n) is 5.89. The maximum Gasteiger partial charge on any atom is 0.298 e. The highest BCUT2D eigenvalue weighted by atomic mass is 35.5. The predicted octanol–water partition coefficient (Wildman–Crippen LogP) is 5.20. The molecule has 2 aromatic heterocycles. The fourth-order valence-corrected chi connectivity index (χ4v) is 7.17. The smallest absolute Gasteiger partial charge is 0.298 e. The summed E-state index contributed by atoms with van der Waals surface area (Å²) < 4.78 is 60.4. The van der Waals surface area contributed by atoms with Crippen molar-refractivity contribution in [2.45, 2.75) is 38.5 Å². The van der Waals surface area contributed by atoms with Crippen LogP contribution in [0.1, 0.15) is 37.9 Å². The SMILES string of the molecule is CC#CC(=O)N1CCN(c2c(S(C)(=O)=O)c(=O)n(-c3c(C)ccnc3C(C)C)c3c(F)c(-c4c(O)cccc4F)c(Cl)cc23)CC1. The number of amides is 1. The molecule has 1 aliphatic rings. The summed E-state index contributed by atoms with van der Waals surface area (Å²) in [6, 6.07) is 6.35. The molecule has 1 fully saturated rings. The van der Waals surface area contributed by atoms with Gasteiger partial charge in [-0.05, 0) is 55.5 Å². The van der Waals surface area contributed by atoms with Gasteiger partial charge in [0.1, 0.15) is 11.6 Å². The molecular formula is C33H31ClF2N4O5S. The van der Waals surface area contributed by atoms with Crippen LogP contribution in [0, 0.1) is 30.4 Å². The number of sulfone groups is 1. The van der Waals surface area contributed by atoms with Crippen molar-refractivity contribution in [3.63, 3.8) is 0 Å². The number of anilines is 1. The normalized spacial score (nSPS) is 13.7. The number of rotatable bonds is 5. The van der Waals surface area contributed by atoms with Gasteiger partial charge in [0, 0.05) is 49.6 Å². The number of pyridine rings is 2. The quantitative estimate of drug-likeness (QED) is 0.291. The largest absolute Gasteiger partial charge is 0.507 e. The minimum atomic E-state index is -4.29. The molecule has 0 unspecified atom stereocenters. The Kier molecular flexibility index (Phi) is 8.86. The lowest BCUT2D eigenvalue weighted by molar-refractivity contribution is -0.125. The van der Waals surface area contributed by atoms with E-state index in [2.05, 4.69) is 16.8 Å². The molecule has 3 heterocycles. The van der Waals surface area contributed by atoms with Crippen LogP contribution in [0.25, 0.3) is 27.7 Å². The van der Waals surface area contributed by atoms with Gasteiger partial charge in [-0.15, -0.1) is 0 Å². The van der Waals surface area contributed by atoms with Crippen molar-refractivity contribution < 1.29 is 27.1 Å². The molecule has 240 valence electrons. The molecule has 0 aliphatic carbocycles. The summed E-state index contributed by atoms with van der Waals surface area (Å²) in [5.74, 6) is 1.67. The molecule has 1 saturated heterocycles. The number of aromatic hydroxyl groups is 1. The molecule has 2 aromatic carbocycles. The topological polar surface area (TPSA) is 113 Å². The molecule has 0 spiro atoms. The number of carbonyl (C=O) groups is 1. The Morgan fingerprint density at radius 2 is 1.76 bits per heavy atom. The van der Waals surface area contributed by atoms with E-state index in [0.717, 1.165) is 16.9 Å². The standard InChI is InChI=1S/C33H31ClF2N4O5S/c1-6-8-24(42)38-13-15-39(16-14-38)31-20-17-21(34)25(26-22(35)9-7-10-23(26)41)27(36)30(20)40(33(43)32(31)46(5,44)45)29-19(4)11-12-37-28(29)18(2)3/h7,9-12,17-18,41H,13-16H2,1-5H3. The van der Waals surface area contributed by atoms with E-state index >= 15 is 8.78 Å². The van der Waals surface area contributed by atoms with Gasteiger partial charge in [-0.25, -0.2) is 17.2 Å². The van der Waals surface area contributed by atoms with E-state index in [1.807, 2.05) is 13.8 Å². The van der Waals surface area contributed by atoms with Gasteiger partial charge >= 0.3 is 0 Å². The van der Waals surface area contributed by atoms with Gasteiger partial charge in [-0.2, -0.15) is 0 Å². The van der Waals surface area contributed by atoms with Crippen LogP contribution in [0.15, 0.2) is 46.2 Å². The zero-order valence-corrected chi connectivity index (χ0v) is 27.4.